The zero-order valence-electron chi connectivity index (χ0n) is 16.9. The van der Waals surface area contributed by atoms with Gasteiger partial charge in [0.15, 0.2) is 5.65 Å². The number of anilines is 3. The second-order valence-corrected chi connectivity index (χ2v) is 7.94. The topological polar surface area (TPSA) is 85.8 Å². The van der Waals surface area contributed by atoms with E-state index in [2.05, 4.69) is 22.2 Å². The standard InChI is InChI=1S/C23H21Cl2N5O/c1-2-3-12-30-21-16(13-15(22(30)31)19-17(24)10-7-11-18(19)25)20(26)28-23(29-21)27-14-8-5-4-6-9-14/h4-11,13H,2-3,12H2,1H3,(H3,26,27,28,29). The minimum Gasteiger partial charge on any atom is -0.383 e. The van der Waals surface area contributed by atoms with Crippen molar-refractivity contribution >= 4 is 51.7 Å². The Bertz CT molecular complexity index is 1280. The maximum Gasteiger partial charge on any atom is 0.260 e. The minimum absolute atomic E-state index is 0.222. The molecule has 4 rings (SSSR count). The van der Waals surface area contributed by atoms with Crippen LogP contribution in [0.5, 0.6) is 0 Å². The highest BCUT2D eigenvalue weighted by atomic mass is 35.5. The molecule has 0 saturated carbocycles. The van der Waals surface area contributed by atoms with E-state index >= 15 is 0 Å². The average molecular weight is 454 g/mol. The summed E-state index contributed by atoms with van der Waals surface area (Å²) in [5.41, 5.74) is 8.23. The van der Waals surface area contributed by atoms with Gasteiger partial charge < -0.3 is 11.1 Å². The van der Waals surface area contributed by atoms with Crippen LogP contribution in [0, 0.1) is 0 Å². The minimum atomic E-state index is -0.222. The Hall–Kier alpha value is -3.09. The van der Waals surface area contributed by atoms with Crippen LogP contribution in [0.3, 0.4) is 0 Å². The van der Waals surface area contributed by atoms with E-state index in [9.17, 15) is 4.79 Å². The van der Waals surface area contributed by atoms with E-state index in [0.717, 1.165) is 18.5 Å². The van der Waals surface area contributed by atoms with Crippen LogP contribution in [-0.2, 0) is 6.54 Å². The molecular weight excluding hydrogens is 433 g/mol. The Morgan fingerprint density at radius 3 is 2.42 bits per heavy atom. The number of benzene rings is 2. The number of nitrogen functional groups attached to an aromatic ring is 1. The van der Waals surface area contributed by atoms with Gasteiger partial charge in [0.2, 0.25) is 5.95 Å². The zero-order valence-corrected chi connectivity index (χ0v) is 18.4. The third kappa shape index (κ3) is 4.22. The number of para-hydroxylation sites is 1. The fraction of sp³-hybridized carbons (Fsp3) is 0.174. The fourth-order valence-corrected chi connectivity index (χ4v) is 4.03. The van der Waals surface area contributed by atoms with E-state index < -0.39 is 0 Å². The first kappa shape index (κ1) is 21.2. The molecule has 31 heavy (non-hydrogen) atoms. The molecule has 6 nitrogen and oxygen atoms in total. The molecule has 2 heterocycles. The van der Waals surface area contributed by atoms with E-state index in [1.807, 2.05) is 30.3 Å². The summed E-state index contributed by atoms with van der Waals surface area (Å²) in [5, 5.41) is 4.51. The van der Waals surface area contributed by atoms with E-state index in [1.54, 1.807) is 28.8 Å². The Morgan fingerprint density at radius 1 is 1.03 bits per heavy atom. The number of aromatic nitrogens is 3. The molecule has 0 amide bonds. The fourth-order valence-electron chi connectivity index (χ4n) is 3.43. The molecule has 0 aliphatic rings. The highest BCUT2D eigenvalue weighted by Gasteiger charge is 2.19. The highest BCUT2D eigenvalue weighted by molar-refractivity contribution is 6.39. The van der Waals surface area contributed by atoms with Gasteiger partial charge in [0.25, 0.3) is 5.56 Å². The molecule has 0 fully saturated rings. The van der Waals surface area contributed by atoms with Crippen LogP contribution < -0.4 is 16.6 Å². The first-order chi connectivity index (χ1) is 15.0. The number of nitrogens with zero attached hydrogens (tertiary/aromatic N) is 3. The van der Waals surface area contributed by atoms with Crippen LogP contribution in [0.15, 0.2) is 59.4 Å². The first-order valence-corrected chi connectivity index (χ1v) is 10.7. The van der Waals surface area contributed by atoms with Gasteiger partial charge in [0.1, 0.15) is 5.82 Å². The van der Waals surface area contributed by atoms with Gasteiger partial charge in [-0.1, -0.05) is 60.8 Å². The van der Waals surface area contributed by atoms with Crippen molar-refractivity contribution in [1.29, 1.82) is 0 Å². The molecule has 0 saturated heterocycles. The number of aryl methyl sites for hydroxylation is 1. The van der Waals surface area contributed by atoms with Crippen LogP contribution in [0.25, 0.3) is 22.2 Å². The summed E-state index contributed by atoms with van der Waals surface area (Å²) in [4.78, 5) is 22.5. The summed E-state index contributed by atoms with van der Waals surface area (Å²) in [6, 6.07) is 16.4. The predicted molar refractivity (Wildman–Crippen MR) is 128 cm³/mol. The molecular formula is C23H21Cl2N5O. The Morgan fingerprint density at radius 2 is 1.74 bits per heavy atom. The van der Waals surface area contributed by atoms with Crippen molar-refractivity contribution in [3.63, 3.8) is 0 Å². The van der Waals surface area contributed by atoms with Gasteiger partial charge in [0, 0.05) is 17.8 Å². The second-order valence-electron chi connectivity index (χ2n) is 7.13. The van der Waals surface area contributed by atoms with Crippen molar-refractivity contribution in [3.05, 3.63) is 75.0 Å². The molecule has 0 atom stereocenters. The van der Waals surface area contributed by atoms with Gasteiger partial charge in [-0.2, -0.15) is 9.97 Å². The molecule has 158 valence electrons. The maximum atomic E-state index is 13.5. The number of fused-ring (bicyclic) bond motifs is 1. The molecule has 0 bridgehead atoms. The van der Waals surface area contributed by atoms with E-state index in [-0.39, 0.29) is 11.4 Å². The van der Waals surface area contributed by atoms with Crippen molar-refractivity contribution in [1.82, 2.24) is 14.5 Å². The zero-order chi connectivity index (χ0) is 22.0. The van der Waals surface area contributed by atoms with Crippen LogP contribution in [-0.4, -0.2) is 14.5 Å². The molecule has 0 aliphatic carbocycles. The number of rotatable bonds is 6. The van der Waals surface area contributed by atoms with Gasteiger partial charge in [-0.05, 0) is 36.8 Å². The van der Waals surface area contributed by atoms with E-state index in [4.69, 9.17) is 28.9 Å². The monoisotopic (exact) mass is 453 g/mol. The van der Waals surface area contributed by atoms with Crippen LogP contribution >= 0.6 is 23.2 Å². The predicted octanol–water partition coefficient (Wildman–Crippen LogP) is 5.89. The molecule has 4 aromatic rings. The smallest absolute Gasteiger partial charge is 0.260 e. The third-order valence-electron chi connectivity index (χ3n) is 4.97. The van der Waals surface area contributed by atoms with Crippen LogP contribution in [0.2, 0.25) is 10.0 Å². The van der Waals surface area contributed by atoms with Crippen LogP contribution in [0.4, 0.5) is 17.5 Å². The van der Waals surface area contributed by atoms with E-state index in [0.29, 0.717) is 44.7 Å². The molecule has 2 aromatic carbocycles. The molecule has 0 unspecified atom stereocenters. The lowest BCUT2D eigenvalue weighted by molar-refractivity contribution is 0.628. The number of pyridine rings is 1. The summed E-state index contributed by atoms with van der Waals surface area (Å²) < 4.78 is 1.63. The highest BCUT2D eigenvalue weighted by Crippen LogP contribution is 2.34. The number of nitrogens with two attached hydrogens (primary N) is 1. The maximum absolute atomic E-state index is 13.5. The Labute approximate surface area is 189 Å². The van der Waals surface area contributed by atoms with Crippen LogP contribution in [0.1, 0.15) is 19.8 Å². The molecule has 8 heteroatoms. The summed E-state index contributed by atoms with van der Waals surface area (Å²) >= 11 is 12.8. The number of halogens is 2. The summed E-state index contributed by atoms with van der Waals surface area (Å²) in [6.07, 6.45) is 1.72. The van der Waals surface area contributed by atoms with Crippen molar-refractivity contribution in [2.75, 3.05) is 11.1 Å². The third-order valence-corrected chi connectivity index (χ3v) is 5.60. The Kier molecular flexibility index (Phi) is 6.11. The summed E-state index contributed by atoms with van der Waals surface area (Å²) in [7, 11) is 0. The van der Waals surface area contributed by atoms with Crippen molar-refractivity contribution in [3.8, 4) is 11.1 Å². The SMILES string of the molecule is CCCCn1c(=O)c(-c2c(Cl)cccc2Cl)cc2c(N)nc(Nc3ccccc3)nc21. The molecule has 0 radical (unpaired) electrons. The number of nitrogens with one attached hydrogen (secondary N) is 1. The largest absolute Gasteiger partial charge is 0.383 e. The molecule has 0 aliphatic heterocycles. The average Bonchev–Trinajstić information content (AvgIpc) is 2.75. The molecule has 3 N–H and O–H groups in total. The van der Waals surface area contributed by atoms with Gasteiger partial charge in [-0.25, -0.2) is 0 Å². The Balaban J connectivity index is 1.95. The molecule has 0 spiro atoms. The normalized spacial score (nSPS) is 11.1. The number of hydrogen-bond donors (Lipinski definition) is 2. The summed E-state index contributed by atoms with van der Waals surface area (Å²) in [6.45, 7) is 2.55. The van der Waals surface area contributed by atoms with Gasteiger partial charge >= 0.3 is 0 Å². The van der Waals surface area contributed by atoms with Gasteiger partial charge in [0.05, 0.1) is 21.0 Å². The van der Waals surface area contributed by atoms with Crippen molar-refractivity contribution in [2.24, 2.45) is 0 Å². The summed E-state index contributed by atoms with van der Waals surface area (Å²) in [5.74, 6) is 0.586. The first-order valence-electron chi connectivity index (χ1n) is 9.97. The van der Waals surface area contributed by atoms with Gasteiger partial charge in [-0.3, -0.25) is 9.36 Å². The lowest BCUT2D eigenvalue weighted by atomic mass is 10.1. The van der Waals surface area contributed by atoms with Gasteiger partial charge in [-0.15, -0.1) is 0 Å². The van der Waals surface area contributed by atoms with E-state index in [1.165, 1.54) is 0 Å². The lowest BCUT2D eigenvalue weighted by Crippen LogP contribution is -2.24. The number of unbranched alkanes of at least 4 members (excludes halogenated alkanes) is 1. The second kappa shape index (κ2) is 8.96. The quantitative estimate of drug-likeness (QED) is 0.379. The van der Waals surface area contributed by atoms with Crippen molar-refractivity contribution in [2.45, 2.75) is 26.3 Å². The van der Waals surface area contributed by atoms with Crippen molar-refractivity contribution < 1.29 is 0 Å². The molecule has 2 aromatic heterocycles. The number of hydrogen-bond acceptors (Lipinski definition) is 5. The lowest BCUT2D eigenvalue weighted by Gasteiger charge is -2.16.